The largest absolute Gasteiger partial charge is 0.478 e. The van der Waals surface area contributed by atoms with E-state index in [2.05, 4.69) is 46.0 Å². The van der Waals surface area contributed by atoms with Crippen LogP contribution >= 0.6 is 11.3 Å². The highest BCUT2D eigenvalue weighted by molar-refractivity contribution is 7.07. The summed E-state index contributed by atoms with van der Waals surface area (Å²) in [5, 5.41) is 7.54. The Balaban J connectivity index is 2.00. The summed E-state index contributed by atoms with van der Waals surface area (Å²) in [7, 11) is 0. The molecule has 0 radical (unpaired) electrons. The molecule has 0 amide bonds. The van der Waals surface area contributed by atoms with Crippen LogP contribution in [-0.4, -0.2) is 16.6 Å². The molecule has 0 spiro atoms. The lowest BCUT2D eigenvalue weighted by atomic mass is 10.2. The van der Waals surface area contributed by atoms with Crippen molar-refractivity contribution in [1.82, 2.24) is 9.97 Å². The molecule has 0 saturated carbocycles. The summed E-state index contributed by atoms with van der Waals surface area (Å²) in [4.78, 5) is 8.27. The average molecular weight is 263 g/mol. The third-order valence-electron chi connectivity index (χ3n) is 2.50. The zero-order valence-electron chi connectivity index (χ0n) is 10.6. The van der Waals surface area contributed by atoms with Crippen molar-refractivity contribution in [2.24, 2.45) is 0 Å². The van der Waals surface area contributed by atoms with Gasteiger partial charge in [0.2, 0.25) is 5.88 Å². The van der Waals surface area contributed by atoms with Gasteiger partial charge in [0.05, 0.1) is 12.6 Å². The van der Waals surface area contributed by atoms with Crippen LogP contribution in [0, 0.1) is 0 Å². The third-order valence-corrected chi connectivity index (χ3v) is 3.21. The topological polar surface area (TPSA) is 47.0 Å². The lowest BCUT2D eigenvalue weighted by Crippen LogP contribution is -2.07. The highest BCUT2D eigenvalue weighted by Crippen LogP contribution is 2.21. The van der Waals surface area contributed by atoms with Crippen LogP contribution in [0.2, 0.25) is 0 Å². The van der Waals surface area contributed by atoms with Crippen LogP contribution in [0.15, 0.2) is 29.2 Å². The van der Waals surface area contributed by atoms with E-state index in [0.29, 0.717) is 12.5 Å². The molecule has 5 heteroatoms. The van der Waals surface area contributed by atoms with E-state index < -0.39 is 0 Å². The molecule has 0 aromatic carbocycles. The van der Waals surface area contributed by atoms with Crippen molar-refractivity contribution >= 4 is 17.2 Å². The predicted molar refractivity (Wildman–Crippen MR) is 74.2 cm³/mol. The van der Waals surface area contributed by atoms with Gasteiger partial charge in [-0.05, 0) is 35.7 Å². The molecule has 4 nitrogen and oxygen atoms in total. The Morgan fingerprint density at radius 2 is 2.33 bits per heavy atom. The van der Waals surface area contributed by atoms with Crippen molar-refractivity contribution in [1.29, 1.82) is 0 Å². The van der Waals surface area contributed by atoms with Crippen molar-refractivity contribution in [2.75, 3.05) is 11.9 Å². The van der Waals surface area contributed by atoms with Gasteiger partial charge < -0.3 is 10.1 Å². The van der Waals surface area contributed by atoms with Gasteiger partial charge in [0, 0.05) is 6.07 Å². The number of hydrogen-bond acceptors (Lipinski definition) is 5. The SMILES string of the molecule is CCCOc1cc(NC(C)c2ccsc2)ncn1. The molecule has 2 heterocycles. The fourth-order valence-corrected chi connectivity index (χ4v) is 2.28. The average Bonchev–Trinajstić information content (AvgIpc) is 2.91. The Hall–Kier alpha value is -1.62. The van der Waals surface area contributed by atoms with E-state index in [0.717, 1.165) is 12.2 Å². The van der Waals surface area contributed by atoms with Crippen molar-refractivity contribution < 1.29 is 4.74 Å². The lowest BCUT2D eigenvalue weighted by molar-refractivity contribution is 0.305. The molecule has 1 N–H and O–H groups in total. The molecule has 1 atom stereocenters. The Morgan fingerprint density at radius 1 is 1.44 bits per heavy atom. The minimum atomic E-state index is 0.227. The first-order valence-electron chi connectivity index (χ1n) is 6.03. The van der Waals surface area contributed by atoms with Crippen LogP contribution < -0.4 is 10.1 Å². The second-order valence-electron chi connectivity index (χ2n) is 4.01. The second kappa shape index (κ2) is 6.35. The molecular formula is C13H17N3OS. The molecule has 96 valence electrons. The van der Waals surface area contributed by atoms with E-state index >= 15 is 0 Å². The van der Waals surface area contributed by atoms with Crippen LogP contribution in [0.5, 0.6) is 5.88 Å². The molecule has 0 aliphatic rings. The molecule has 0 aliphatic heterocycles. The number of thiophene rings is 1. The molecule has 0 fully saturated rings. The fourth-order valence-electron chi connectivity index (χ4n) is 1.53. The Labute approximate surface area is 111 Å². The quantitative estimate of drug-likeness (QED) is 0.866. The van der Waals surface area contributed by atoms with E-state index in [4.69, 9.17) is 4.74 Å². The van der Waals surface area contributed by atoms with Gasteiger partial charge in [-0.3, -0.25) is 0 Å². The Morgan fingerprint density at radius 3 is 3.06 bits per heavy atom. The van der Waals surface area contributed by atoms with E-state index in [-0.39, 0.29) is 6.04 Å². The summed E-state index contributed by atoms with van der Waals surface area (Å²) < 4.78 is 5.48. The molecule has 2 aromatic heterocycles. The number of aromatic nitrogens is 2. The maximum absolute atomic E-state index is 5.48. The van der Waals surface area contributed by atoms with Gasteiger partial charge in [-0.2, -0.15) is 11.3 Å². The second-order valence-corrected chi connectivity index (χ2v) is 4.79. The van der Waals surface area contributed by atoms with Gasteiger partial charge in [-0.15, -0.1) is 0 Å². The fraction of sp³-hybridized carbons (Fsp3) is 0.385. The van der Waals surface area contributed by atoms with E-state index in [9.17, 15) is 0 Å². The van der Waals surface area contributed by atoms with Crippen LogP contribution in [-0.2, 0) is 0 Å². The van der Waals surface area contributed by atoms with Crippen LogP contribution in [0.1, 0.15) is 31.9 Å². The molecule has 2 rings (SSSR count). The van der Waals surface area contributed by atoms with E-state index in [1.165, 1.54) is 11.9 Å². The van der Waals surface area contributed by atoms with Gasteiger partial charge in [0.15, 0.2) is 0 Å². The zero-order chi connectivity index (χ0) is 12.8. The monoisotopic (exact) mass is 263 g/mol. The molecule has 2 aromatic rings. The van der Waals surface area contributed by atoms with Gasteiger partial charge in [0.25, 0.3) is 0 Å². The van der Waals surface area contributed by atoms with Crippen molar-refractivity contribution in [3.63, 3.8) is 0 Å². The first kappa shape index (κ1) is 12.8. The van der Waals surface area contributed by atoms with E-state index in [1.807, 2.05) is 6.07 Å². The summed E-state index contributed by atoms with van der Waals surface area (Å²) in [5.74, 6) is 1.40. The lowest BCUT2D eigenvalue weighted by Gasteiger charge is -2.13. The zero-order valence-corrected chi connectivity index (χ0v) is 11.4. The number of anilines is 1. The molecule has 18 heavy (non-hydrogen) atoms. The molecule has 0 bridgehead atoms. The highest BCUT2D eigenvalue weighted by Gasteiger charge is 2.07. The minimum Gasteiger partial charge on any atom is -0.478 e. The number of nitrogens with zero attached hydrogens (tertiary/aromatic N) is 2. The summed E-state index contributed by atoms with van der Waals surface area (Å²) >= 11 is 1.70. The summed E-state index contributed by atoms with van der Waals surface area (Å²) in [6, 6.07) is 4.17. The van der Waals surface area contributed by atoms with Gasteiger partial charge in [-0.25, -0.2) is 9.97 Å². The number of hydrogen-bond donors (Lipinski definition) is 1. The van der Waals surface area contributed by atoms with Crippen molar-refractivity contribution in [3.05, 3.63) is 34.8 Å². The molecule has 0 aliphatic carbocycles. The Kier molecular flexibility index (Phi) is 4.52. The third kappa shape index (κ3) is 3.43. The maximum Gasteiger partial charge on any atom is 0.218 e. The minimum absolute atomic E-state index is 0.227. The number of ether oxygens (including phenoxy) is 1. The summed E-state index contributed by atoms with van der Waals surface area (Å²) in [6.45, 7) is 4.85. The number of nitrogens with one attached hydrogen (secondary N) is 1. The first-order valence-corrected chi connectivity index (χ1v) is 6.97. The normalized spacial score (nSPS) is 12.1. The highest BCUT2D eigenvalue weighted by atomic mass is 32.1. The van der Waals surface area contributed by atoms with Gasteiger partial charge in [-0.1, -0.05) is 6.92 Å². The van der Waals surface area contributed by atoms with Crippen molar-refractivity contribution in [3.8, 4) is 5.88 Å². The first-order chi connectivity index (χ1) is 8.79. The standard InChI is InChI=1S/C13H17N3OS/c1-3-5-17-13-7-12(14-9-15-13)16-10(2)11-4-6-18-8-11/h4,6-10H,3,5H2,1-2H3,(H,14,15,16). The Bertz CT molecular complexity index is 473. The maximum atomic E-state index is 5.48. The smallest absolute Gasteiger partial charge is 0.218 e. The van der Waals surface area contributed by atoms with Crippen LogP contribution in [0.3, 0.4) is 0 Å². The van der Waals surface area contributed by atoms with Gasteiger partial charge in [0.1, 0.15) is 12.1 Å². The van der Waals surface area contributed by atoms with E-state index in [1.54, 1.807) is 11.3 Å². The van der Waals surface area contributed by atoms with Crippen molar-refractivity contribution in [2.45, 2.75) is 26.3 Å². The number of rotatable bonds is 6. The summed E-state index contributed by atoms with van der Waals surface area (Å²) in [5.41, 5.74) is 1.26. The van der Waals surface area contributed by atoms with Crippen LogP contribution in [0.25, 0.3) is 0 Å². The predicted octanol–water partition coefficient (Wildman–Crippen LogP) is 3.50. The van der Waals surface area contributed by atoms with Gasteiger partial charge >= 0.3 is 0 Å². The molecular weight excluding hydrogens is 246 g/mol. The van der Waals surface area contributed by atoms with Crippen LogP contribution in [0.4, 0.5) is 5.82 Å². The molecule has 0 saturated heterocycles. The summed E-state index contributed by atoms with van der Waals surface area (Å²) in [6.07, 6.45) is 2.49. The molecule has 1 unspecified atom stereocenters.